The van der Waals surface area contributed by atoms with Gasteiger partial charge in [-0.2, -0.15) is 10.2 Å². The second kappa shape index (κ2) is 12.5. The molecule has 0 aliphatic carbocycles. The summed E-state index contributed by atoms with van der Waals surface area (Å²) in [5.74, 6) is -0.572. The average molecular weight is 654 g/mol. The van der Waals surface area contributed by atoms with E-state index in [9.17, 15) is 14.3 Å². The van der Waals surface area contributed by atoms with Gasteiger partial charge in [-0.3, -0.25) is 9.36 Å². The molecule has 0 radical (unpaired) electrons. The van der Waals surface area contributed by atoms with Crippen LogP contribution in [0.5, 0.6) is 5.75 Å². The first-order chi connectivity index (χ1) is 22.7. The Morgan fingerprint density at radius 1 is 0.979 bits per heavy atom. The van der Waals surface area contributed by atoms with Crippen molar-refractivity contribution in [3.05, 3.63) is 99.3 Å². The molecule has 0 unspecified atom stereocenters. The van der Waals surface area contributed by atoms with Crippen molar-refractivity contribution >= 4 is 39.2 Å². The second-order valence-electron chi connectivity index (χ2n) is 12.4. The summed E-state index contributed by atoms with van der Waals surface area (Å²) in [4.78, 5) is 12.8. The monoisotopic (exact) mass is 653 g/mol. The van der Waals surface area contributed by atoms with Crippen molar-refractivity contribution in [2.24, 2.45) is 14.1 Å². The number of hydrogen-bond donors (Lipinski definition) is 1. The number of aromatic carboxylic acids is 1. The Morgan fingerprint density at radius 2 is 1.81 bits per heavy atom. The molecule has 0 amide bonds. The van der Waals surface area contributed by atoms with Gasteiger partial charge in [0, 0.05) is 42.7 Å². The fraction of sp³-hybridized carbons (Fsp3) is 0.324. The fourth-order valence-electron chi connectivity index (χ4n) is 7.24. The Hall–Kier alpha value is -4.63. The molecule has 4 heterocycles. The molecule has 8 nitrogen and oxygen atoms in total. The Kier molecular flexibility index (Phi) is 8.26. The van der Waals surface area contributed by atoms with Crippen molar-refractivity contribution < 1.29 is 19.0 Å². The molecular formula is C37H37ClFN5O3. The summed E-state index contributed by atoms with van der Waals surface area (Å²) in [7, 11) is 3.88. The van der Waals surface area contributed by atoms with Gasteiger partial charge in [-0.1, -0.05) is 23.7 Å². The van der Waals surface area contributed by atoms with Crippen molar-refractivity contribution in [2.45, 2.75) is 58.4 Å². The standard InChI is InChI=1S/C37H37ClFN5O3/c1-4-44-35-30-14-15-31(38)33(35)34-23(21-40-43(34)3)7-5-8-26-20-27(42(2)41-26)12-10-22-17-24-19-25(39)11-13-28(24)32(18-22)47-16-6-9-29(30)36(44)37(45)46/h11,13-15,17-21H,4-10,12,16H2,1-3H3,(H,45,46). The van der Waals surface area contributed by atoms with Crippen molar-refractivity contribution in [1.29, 1.82) is 0 Å². The molecule has 0 saturated heterocycles. The van der Waals surface area contributed by atoms with Gasteiger partial charge in [-0.15, -0.1) is 0 Å². The first kappa shape index (κ1) is 31.0. The van der Waals surface area contributed by atoms with Crippen LogP contribution in [0.1, 0.15) is 58.3 Å². The smallest absolute Gasteiger partial charge is 0.352 e. The fourth-order valence-corrected chi connectivity index (χ4v) is 7.48. The number of halogens is 2. The number of benzene rings is 3. The summed E-state index contributed by atoms with van der Waals surface area (Å²) < 4.78 is 26.3. The highest BCUT2D eigenvalue weighted by Crippen LogP contribution is 2.41. The summed E-state index contributed by atoms with van der Waals surface area (Å²) in [6, 6.07) is 14.8. The van der Waals surface area contributed by atoms with Crippen LogP contribution < -0.4 is 4.74 Å². The van der Waals surface area contributed by atoms with Gasteiger partial charge in [0.05, 0.1) is 34.7 Å². The third-order valence-electron chi connectivity index (χ3n) is 9.39. The molecule has 0 saturated carbocycles. The van der Waals surface area contributed by atoms with E-state index in [2.05, 4.69) is 11.2 Å². The molecule has 3 aromatic heterocycles. The van der Waals surface area contributed by atoms with E-state index in [4.69, 9.17) is 21.4 Å². The average Bonchev–Trinajstić information content (AvgIpc) is 3.69. The minimum absolute atomic E-state index is 0.269. The van der Waals surface area contributed by atoms with E-state index in [1.165, 1.54) is 6.07 Å². The largest absolute Gasteiger partial charge is 0.493 e. The topological polar surface area (TPSA) is 87.1 Å². The van der Waals surface area contributed by atoms with Crippen molar-refractivity contribution in [3.63, 3.8) is 0 Å². The lowest BCUT2D eigenvalue weighted by atomic mass is 9.98. The molecule has 0 fully saturated rings. The van der Waals surface area contributed by atoms with Crippen molar-refractivity contribution in [2.75, 3.05) is 6.61 Å². The van der Waals surface area contributed by atoms with E-state index in [1.807, 2.05) is 65.4 Å². The van der Waals surface area contributed by atoms with Crippen LogP contribution in [-0.2, 0) is 52.7 Å². The molecule has 1 aliphatic rings. The molecule has 0 spiro atoms. The number of carboxylic acid groups (broad SMARTS) is 1. The first-order valence-corrected chi connectivity index (χ1v) is 16.6. The van der Waals surface area contributed by atoms with Gasteiger partial charge in [0.2, 0.25) is 0 Å². The van der Waals surface area contributed by atoms with Gasteiger partial charge in [0.25, 0.3) is 0 Å². The third kappa shape index (κ3) is 5.67. The molecular weight excluding hydrogens is 617 g/mol. The zero-order valence-electron chi connectivity index (χ0n) is 26.8. The number of hydrogen-bond acceptors (Lipinski definition) is 4. The summed E-state index contributed by atoms with van der Waals surface area (Å²) in [5, 5.41) is 23.0. The molecule has 7 rings (SSSR count). The van der Waals surface area contributed by atoms with Gasteiger partial charge in [-0.05, 0) is 110 Å². The van der Waals surface area contributed by atoms with Crippen molar-refractivity contribution in [1.82, 2.24) is 24.1 Å². The quantitative estimate of drug-likeness (QED) is 0.207. The zero-order chi connectivity index (χ0) is 32.8. The molecule has 1 N–H and O–H groups in total. The van der Waals surface area contributed by atoms with Crippen LogP contribution in [0.4, 0.5) is 4.39 Å². The van der Waals surface area contributed by atoms with Gasteiger partial charge >= 0.3 is 5.97 Å². The molecule has 47 heavy (non-hydrogen) atoms. The Morgan fingerprint density at radius 3 is 2.62 bits per heavy atom. The minimum Gasteiger partial charge on any atom is -0.493 e. The summed E-state index contributed by atoms with van der Waals surface area (Å²) >= 11 is 6.97. The molecule has 8 bridgehead atoms. The minimum atomic E-state index is -0.976. The Bertz CT molecular complexity index is 2160. The van der Waals surface area contributed by atoms with Crippen LogP contribution in [0.15, 0.2) is 54.7 Å². The number of fused-ring (bicyclic) bond motifs is 8. The number of carboxylic acids is 1. The lowest BCUT2D eigenvalue weighted by molar-refractivity contribution is 0.0684. The molecule has 242 valence electrons. The highest BCUT2D eigenvalue weighted by molar-refractivity contribution is 6.35. The number of carbonyl (C=O) groups is 1. The van der Waals surface area contributed by atoms with E-state index in [0.29, 0.717) is 36.8 Å². The summed E-state index contributed by atoms with van der Waals surface area (Å²) in [6.45, 7) is 2.79. The predicted molar refractivity (Wildman–Crippen MR) is 182 cm³/mol. The molecule has 10 heteroatoms. The Labute approximate surface area is 277 Å². The normalized spacial score (nSPS) is 14.2. The zero-order valence-corrected chi connectivity index (χ0v) is 27.6. The van der Waals surface area contributed by atoms with Gasteiger partial charge in [0.15, 0.2) is 0 Å². The van der Waals surface area contributed by atoms with Crippen LogP contribution in [0.25, 0.3) is 32.9 Å². The van der Waals surface area contributed by atoms with Crippen LogP contribution in [0.3, 0.4) is 0 Å². The van der Waals surface area contributed by atoms with E-state index in [1.54, 1.807) is 12.1 Å². The van der Waals surface area contributed by atoms with Crippen LogP contribution in [-0.4, -0.2) is 41.8 Å². The third-order valence-corrected chi connectivity index (χ3v) is 9.70. The van der Waals surface area contributed by atoms with Gasteiger partial charge in [-0.25, -0.2) is 9.18 Å². The van der Waals surface area contributed by atoms with E-state index >= 15 is 0 Å². The van der Waals surface area contributed by atoms with Gasteiger partial charge < -0.3 is 14.4 Å². The second-order valence-corrected chi connectivity index (χ2v) is 12.8. The maximum Gasteiger partial charge on any atom is 0.352 e. The SMILES string of the molecule is CCn1c(C(=O)O)c2c3ccc(Cl)c(c31)-c1c(cnn1C)CCCc1cc(n(C)n1)CCc1cc(c3ccc(F)cc3c1)OCCC2. The number of aryl methyl sites for hydroxylation is 8. The summed E-state index contributed by atoms with van der Waals surface area (Å²) in [5.41, 5.74) is 7.81. The van der Waals surface area contributed by atoms with E-state index in [-0.39, 0.29) is 11.5 Å². The van der Waals surface area contributed by atoms with E-state index in [0.717, 1.165) is 93.1 Å². The van der Waals surface area contributed by atoms with Crippen LogP contribution >= 0.6 is 11.6 Å². The molecule has 0 atom stereocenters. The number of rotatable bonds is 2. The molecule has 1 aliphatic heterocycles. The molecule has 6 aromatic rings. The van der Waals surface area contributed by atoms with Crippen LogP contribution in [0.2, 0.25) is 5.02 Å². The highest BCUT2D eigenvalue weighted by Gasteiger charge is 2.27. The number of ether oxygens (including phenoxy) is 1. The predicted octanol–water partition coefficient (Wildman–Crippen LogP) is 7.72. The van der Waals surface area contributed by atoms with E-state index < -0.39 is 5.97 Å². The first-order valence-electron chi connectivity index (χ1n) is 16.2. The van der Waals surface area contributed by atoms with Gasteiger partial charge in [0.1, 0.15) is 17.3 Å². The highest BCUT2D eigenvalue weighted by atomic mass is 35.5. The van der Waals surface area contributed by atoms with Crippen molar-refractivity contribution in [3.8, 4) is 17.0 Å². The Balaban J connectivity index is 1.36. The maximum atomic E-state index is 14.3. The summed E-state index contributed by atoms with van der Waals surface area (Å²) in [6.07, 6.45) is 6.94. The van der Waals surface area contributed by atoms with Crippen LogP contribution in [0, 0.1) is 5.82 Å². The number of nitrogens with zero attached hydrogens (tertiary/aromatic N) is 5. The molecule has 3 aromatic carbocycles. The number of aromatic nitrogens is 5. The maximum absolute atomic E-state index is 14.3. The lowest BCUT2D eigenvalue weighted by Crippen LogP contribution is -2.11. The lowest BCUT2D eigenvalue weighted by Gasteiger charge is -2.14.